The van der Waals surface area contributed by atoms with Crippen LogP contribution >= 0.6 is 0 Å². The summed E-state index contributed by atoms with van der Waals surface area (Å²) < 4.78 is 2.15. The fourth-order valence-corrected chi connectivity index (χ4v) is 2.56. The lowest BCUT2D eigenvalue weighted by atomic mass is 9.83. The van der Waals surface area contributed by atoms with Gasteiger partial charge in [0, 0.05) is 25.0 Å². The van der Waals surface area contributed by atoms with E-state index in [2.05, 4.69) is 29.9 Å². The molecule has 0 unspecified atom stereocenters. The highest BCUT2D eigenvalue weighted by atomic mass is 15.0. The van der Waals surface area contributed by atoms with Crippen LogP contribution in [-0.4, -0.2) is 4.57 Å². The molecule has 1 aliphatic carbocycles. The average Bonchev–Trinajstić information content (AvgIpc) is 2.65. The van der Waals surface area contributed by atoms with Crippen molar-refractivity contribution in [2.45, 2.75) is 38.1 Å². The highest BCUT2D eigenvalue weighted by Gasteiger charge is 2.22. The Kier molecular flexibility index (Phi) is 2.92. The van der Waals surface area contributed by atoms with E-state index in [-0.39, 0.29) is 6.04 Å². The number of aryl methyl sites for hydroxylation is 1. The molecule has 0 aromatic carbocycles. The molecule has 78 valence electrons. The molecular weight excluding hydrogens is 172 g/mol. The van der Waals surface area contributed by atoms with Crippen molar-refractivity contribution in [3.05, 3.63) is 24.0 Å². The largest absolute Gasteiger partial charge is 0.353 e. The Morgan fingerprint density at radius 1 is 1.36 bits per heavy atom. The normalized spacial score (nSPS) is 21.0. The van der Waals surface area contributed by atoms with E-state index in [9.17, 15) is 0 Å². The first kappa shape index (κ1) is 9.78. The van der Waals surface area contributed by atoms with Gasteiger partial charge in [-0.2, -0.15) is 0 Å². The van der Waals surface area contributed by atoms with Crippen molar-refractivity contribution in [2.75, 3.05) is 0 Å². The van der Waals surface area contributed by atoms with E-state index in [4.69, 9.17) is 5.73 Å². The molecule has 1 fully saturated rings. The zero-order chi connectivity index (χ0) is 9.97. The standard InChI is InChI=1S/C12H20N2/c1-14-9-5-8-11(14)12(13)10-6-3-2-4-7-10/h5,8-10,12H,2-4,6-7,13H2,1H3/t12-/m1/s1. The van der Waals surface area contributed by atoms with E-state index in [1.54, 1.807) is 0 Å². The third kappa shape index (κ3) is 1.85. The van der Waals surface area contributed by atoms with Crippen molar-refractivity contribution in [3.63, 3.8) is 0 Å². The summed E-state index contributed by atoms with van der Waals surface area (Å²) in [5, 5.41) is 0. The summed E-state index contributed by atoms with van der Waals surface area (Å²) >= 11 is 0. The SMILES string of the molecule is Cn1cccc1[C@H](N)C1CCCCC1. The highest BCUT2D eigenvalue weighted by molar-refractivity contribution is 5.12. The molecule has 14 heavy (non-hydrogen) atoms. The van der Waals surface area contributed by atoms with E-state index < -0.39 is 0 Å². The van der Waals surface area contributed by atoms with Crippen LogP contribution in [0.1, 0.15) is 43.8 Å². The Morgan fingerprint density at radius 3 is 2.64 bits per heavy atom. The molecule has 2 heteroatoms. The summed E-state index contributed by atoms with van der Waals surface area (Å²) in [7, 11) is 2.08. The van der Waals surface area contributed by atoms with Crippen LogP contribution < -0.4 is 5.73 Å². The zero-order valence-electron chi connectivity index (χ0n) is 8.95. The molecule has 1 aliphatic rings. The van der Waals surface area contributed by atoms with Gasteiger partial charge in [-0.25, -0.2) is 0 Å². The molecular formula is C12H20N2. The van der Waals surface area contributed by atoms with Crippen molar-refractivity contribution in [2.24, 2.45) is 18.7 Å². The highest BCUT2D eigenvalue weighted by Crippen LogP contribution is 2.32. The van der Waals surface area contributed by atoms with Crippen LogP contribution in [0.3, 0.4) is 0 Å². The lowest BCUT2D eigenvalue weighted by Gasteiger charge is -2.27. The molecule has 0 amide bonds. The second-order valence-corrected chi connectivity index (χ2v) is 4.47. The first-order valence-corrected chi connectivity index (χ1v) is 5.66. The van der Waals surface area contributed by atoms with Crippen molar-refractivity contribution in [1.82, 2.24) is 4.57 Å². The van der Waals surface area contributed by atoms with Gasteiger partial charge in [0.05, 0.1) is 0 Å². The molecule has 2 rings (SSSR count). The van der Waals surface area contributed by atoms with Gasteiger partial charge in [-0.3, -0.25) is 0 Å². The molecule has 0 spiro atoms. The minimum Gasteiger partial charge on any atom is -0.353 e. The molecule has 2 nitrogen and oxygen atoms in total. The van der Waals surface area contributed by atoms with Crippen molar-refractivity contribution in [3.8, 4) is 0 Å². The van der Waals surface area contributed by atoms with Crippen LogP contribution in [-0.2, 0) is 7.05 Å². The summed E-state index contributed by atoms with van der Waals surface area (Å²) in [6, 6.07) is 4.48. The van der Waals surface area contributed by atoms with Gasteiger partial charge in [0.1, 0.15) is 0 Å². The number of rotatable bonds is 2. The summed E-state index contributed by atoms with van der Waals surface area (Å²) in [4.78, 5) is 0. The van der Waals surface area contributed by atoms with Crippen molar-refractivity contribution in [1.29, 1.82) is 0 Å². The van der Waals surface area contributed by atoms with E-state index >= 15 is 0 Å². The summed E-state index contributed by atoms with van der Waals surface area (Å²) in [6.07, 6.45) is 8.83. The van der Waals surface area contributed by atoms with Gasteiger partial charge in [-0.05, 0) is 30.9 Å². The number of nitrogens with zero attached hydrogens (tertiary/aromatic N) is 1. The maximum absolute atomic E-state index is 6.29. The zero-order valence-corrected chi connectivity index (χ0v) is 8.95. The Balaban J connectivity index is 2.07. The van der Waals surface area contributed by atoms with Crippen LogP contribution in [0.5, 0.6) is 0 Å². The first-order valence-electron chi connectivity index (χ1n) is 5.66. The van der Waals surface area contributed by atoms with Crippen LogP contribution in [0.15, 0.2) is 18.3 Å². The predicted molar refractivity (Wildman–Crippen MR) is 58.9 cm³/mol. The fraction of sp³-hybridized carbons (Fsp3) is 0.667. The third-order valence-corrected chi connectivity index (χ3v) is 3.48. The van der Waals surface area contributed by atoms with Crippen LogP contribution in [0, 0.1) is 5.92 Å². The van der Waals surface area contributed by atoms with E-state index in [1.807, 2.05) is 0 Å². The molecule has 1 saturated carbocycles. The Morgan fingerprint density at radius 2 is 2.07 bits per heavy atom. The molecule has 0 bridgehead atoms. The quantitative estimate of drug-likeness (QED) is 0.767. The number of aromatic nitrogens is 1. The number of nitrogens with two attached hydrogens (primary N) is 1. The van der Waals surface area contributed by atoms with Gasteiger partial charge < -0.3 is 10.3 Å². The van der Waals surface area contributed by atoms with Gasteiger partial charge in [0.15, 0.2) is 0 Å². The Labute approximate surface area is 86.1 Å². The second-order valence-electron chi connectivity index (χ2n) is 4.47. The lowest BCUT2D eigenvalue weighted by molar-refractivity contribution is 0.302. The van der Waals surface area contributed by atoms with E-state index in [0.717, 1.165) is 0 Å². The third-order valence-electron chi connectivity index (χ3n) is 3.48. The Hall–Kier alpha value is -0.760. The lowest BCUT2D eigenvalue weighted by Crippen LogP contribution is -2.25. The van der Waals surface area contributed by atoms with Crippen LogP contribution in [0.25, 0.3) is 0 Å². The average molecular weight is 192 g/mol. The van der Waals surface area contributed by atoms with Gasteiger partial charge in [0.2, 0.25) is 0 Å². The van der Waals surface area contributed by atoms with Gasteiger partial charge in [0.25, 0.3) is 0 Å². The molecule has 1 aromatic rings. The molecule has 1 atom stereocenters. The van der Waals surface area contributed by atoms with Gasteiger partial charge in [-0.15, -0.1) is 0 Å². The minimum absolute atomic E-state index is 0.246. The van der Waals surface area contributed by atoms with Gasteiger partial charge >= 0.3 is 0 Å². The smallest absolute Gasteiger partial charge is 0.0478 e. The summed E-state index contributed by atoms with van der Waals surface area (Å²) in [5.41, 5.74) is 7.58. The number of hydrogen-bond acceptors (Lipinski definition) is 1. The summed E-state index contributed by atoms with van der Waals surface area (Å²) in [6.45, 7) is 0. The monoisotopic (exact) mass is 192 g/mol. The molecule has 2 N–H and O–H groups in total. The van der Waals surface area contributed by atoms with Crippen molar-refractivity contribution >= 4 is 0 Å². The maximum atomic E-state index is 6.29. The fourth-order valence-electron chi connectivity index (χ4n) is 2.56. The molecule has 1 aromatic heterocycles. The minimum atomic E-state index is 0.246. The molecule has 1 heterocycles. The van der Waals surface area contributed by atoms with Crippen molar-refractivity contribution < 1.29 is 0 Å². The predicted octanol–water partition coefficient (Wildman–Crippen LogP) is 2.61. The van der Waals surface area contributed by atoms with Gasteiger partial charge in [-0.1, -0.05) is 19.3 Å². The van der Waals surface area contributed by atoms with Crippen LogP contribution in [0.4, 0.5) is 0 Å². The summed E-state index contributed by atoms with van der Waals surface area (Å²) in [5.74, 6) is 0.706. The maximum Gasteiger partial charge on any atom is 0.0478 e. The first-order chi connectivity index (χ1) is 6.79. The molecule has 0 aliphatic heterocycles. The molecule has 0 radical (unpaired) electrons. The topological polar surface area (TPSA) is 30.9 Å². The van der Waals surface area contributed by atoms with E-state index in [0.29, 0.717) is 5.92 Å². The second kappa shape index (κ2) is 4.18. The number of hydrogen-bond donors (Lipinski definition) is 1. The van der Waals surface area contributed by atoms with E-state index in [1.165, 1.54) is 37.8 Å². The van der Waals surface area contributed by atoms with Crippen LogP contribution in [0.2, 0.25) is 0 Å². The Bertz CT molecular complexity index is 284. The molecule has 0 saturated heterocycles.